The highest BCUT2D eigenvalue weighted by Gasteiger charge is 2.56. The van der Waals surface area contributed by atoms with E-state index in [1.165, 1.54) is 0 Å². The first-order chi connectivity index (χ1) is 8.16. The molecule has 0 spiro atoms. The number of aromatic carboxylic acids is 1. The molecule has 1 aromatic carbocycles. The molecule has 2 rings (SSSR count). The molecule has 1 unspecified atom stereocenters. The number of rotatable bonds is 2. The van der Waals surface area contributed by atoms with Gasteiger partial charge in [0, 0.05) is 5.02 Å². The van der Waals surface area contributed by atoms with Crippen LogP contribution < -0.4 is 0 Å². The summed E-state index contributed by atoms with van der Waals surface area (Å²) in [4.78, 5) is 10.9. The second kappa shape index (κ2) is 3.99. The zero-order chi connectivity index (χ0) is 13.7. The maximum Gasteiger partial charge on any atom is 0.335 e. The standard InChI is InChI=1S/C15H19ClO2/c1-14(2,3)12-8-15(12,4)10-6-5-9(13(17)18)7-11(10)16/h5-7,12H,8H2,1-4H3,(H,17,18)/t12-,15?/m0/s1. The van der Waals surface area contributed by atoms with Crippen LogP contribution in [0, 0.1) is 11.3 Å². The van der Waals surface area contributed by atoms with Crippen molar-refractivity contribution in [1.29, 1.82) is 0 Å². The van der Waals surface area contributed by atoms with E-state index in [0.717, 1.165) is 12.0 Å². The van der Waals surface area contributed by atoms with Crippen LogP contribution in [0.15, 0.2) is 18.2 Å². The van der Waals surface area contributed by atoms with Gasteiger partial charge in [0.25, 0.3) is 0 Å². The summed E-state index contributed by atoms with van der Waals surface area (Å²) in [5.74, 6) is -0.338. The molecule has 0 aliphatic heterocycles. The van der Waals surface area contributed by atoms with Crippen molar-refractivity contribution in [3.8, 4) is 0 Å². The van der Waals surface area contributed by atoms with Gasteiger partial charge in [0.15, 0.2) is 0 Å². The first-order valence-electron chi connectivity index (χ1n) is 6.19. The van der Waals surface area contributed by atoms with Crippen LogP contribution in [0.25, 0.3) is 0 Å². The Morgan fingerprint density at radius 1 is 1.44 bits per heavy atom. The van der Waals surface area contributed by atoms with E-state index >= 15 is 0 Å². The van der Waals surface area contributed by atoms with Crippen LogP contribution in [-0.4, -0.2) is 11.1 Å². The number of carboxylic acid groups (broad SMARTS) is 1. The Bertz CT molecular complexity index is 502. The smallest absolute Gasteiger partial charge is 0.335 e. The van der Waals surface area contributed by atoms with Gasteiger partial charge in [-0.05, 0) is 40.9 Å². The van der Waals surface area contributed by atoms with Gasteiger partial charge in [-0.1, -0.05) is 45.4 Å². The van der Waals surface area contributed by atoms with E-state index in [0.29, 0.717) is 10.9 Å². The topological polar surface area (TPSA) is 37.3 Å². The molecule has 0 aromatic heterocycles. The highest BCUT2D eigenvalue weighted by molar-refractivity contribution is 6.31. The lowest BCUT2D eigenvalue weighted by Crippen LogP contribution is -2.17. The Morgan fingerprint density at radius 2 is 2.06 bits per heavy atom. The fourth-order valence-electron chi connectivity index (χ4n) is 3.04. The van der Waals surface area contributed by atoms with Gasteiger partial charge in [0.2, 0.25) is 0 Å². The SMILES string of the molecule is CC(C)(C)[C@@H]1CC1(C)c1ccc(C(=O)O)cc1Cl. The van der Waals surface area contributed by atoms with Crippen LogP contribution in [0.3, 0.4) is 0 Å². The molecule has 0 radical (unpaired) electrons. The summed E-state index contributed by atoms with van der Waals surface area (Å²) in [7, 11) is 0. The van der Waals surface area contributed by atoms with Crippen molar-refractivity contribution in [3.63, 3.8) is 0 Å². The van der Waals surface area contributed by atoms with Crippen molar-refractivity contribution in [1.82, 2.24) is 0 Å². The first-order valence-corrected chi connectivity index (χ1v) is 6.57. The van der Waals surface area contributed by atoms with E-state index in [4.69, 9.17) is 16.7 Å². The van der Waals surface area contributed by atoms with E-state index in [1.807, 2.05) is 6.07 Å². The summed E-state index contributed by atoms with van der Waals surface area (Å²) in [5.41, 5.74) is 1.67. The van der Waals surface area contributed by atoms with E-state index < -0.39 is 5.97 Å². The Hall–Kier alpha value is -1.02. The molecule has 0 amide bonds. The Labute approximate surface area is 113 Å². The van der Waals surface area contributed by atoms with E-state index in [9.17, 15) is 4.79 Å². The molecule has 1 saturated carbocycles. The summed E-state index contributed by atoms with van der Waals surface area (Å²) in [6.07, 6.45) is 1.11. The number of hydrogen-bond acceptors (Lipinski definition) is 1. The monoisotopic (exact) mass is 266 g/mol. The number of hydrogen-bond donors (Lipinski definition) is 1. The van der Waals surface area contributed by atoms with Crippen molar-refractivity contribution in [2.75, 3.05) is 0 Å². The number of benzene rings is 1. The predicted octanol–water partition coefficient (Wildman–Crippen LogP) is 4.36. The Balaban J connectivity index is 2.34. The van der Waals surface area contributed by atoms with Crippen molar-refractivity contribution in [2.45, 2.75) is 39.5 Å². The Morgan fingerprint density at radius 3 is 2.44 bits per heavy atom. The highest BCUT2D eigenvalue weighted by atomic mass is 35.5. The average Bonchev–Trinajstić information content (AvgIpc) is 2.91. The zero-order valence-corrected chi connectivity index (χ0v) is 12.0. The third-order valence-electron chi connectivity index (χ3n) is 4.11. The molecule has 1 aliphatic carbocycles. The quantitative estimate of drug-likeness (QED) is 0.863. The highest BCUT2D eigenvalue weighted by Crippen LogP contribution is 2.62. The van der Waals surface area contributed by atoms with Crippen molar-refractivity contribution in [2.24, 2.45) is 11.3 Å². The molecule has 0 saturated heterocycles. The third kappa shape index (κ3) is 2.14. The Kier molecular flexibility index (Phi) is 2.97. The molecule has 18 heavy (non-hydrogen) atoms. The van der Waals surface area contributed by atoms with Crippen molar-refractivity contribution < 1.29 is 9.90 Å². The second-order valence-corrected chi connectivity index (χ2v) is 6.95. The summed E-state index contributed by atoms with van der Waals surface area (Å²) in [6, 6.07) is 5.08. The first kappa shape index (κ1) is 13.4. The third-order valence-corrected chi connectivity index (χ3v) is 4.43. The fraction of sp³-hybridized carbons (Fsp3) is 0.533. The predicted molar refractivity (Wildman–Crippen MR) is 73.3 cm³/mol. The van der Waals surface area contributed by atoms with Gasteiger partial charge in [-0.2, -0.15) is 0 Å². The van der Waals surface area contributed by atoms with Gasteiger partial charge in [-0.3, -0.25) is 0 Å². The molecule has 2 nitrogen and oxygen atoms in total. The van der Waals surface area contributed by atoms with Gasteiger partial charge in [-0.15, -0.1) is 0 Å². The maximum absolute atomic E-state index is 10.9. The second-order valence-electron chi connectivity index (χ2n) is 6.54. The van der Waals surface area contributed by atoms with Crippen LogP contribution in [-0.2, 0) is 5.41 Å². The lowest BCUT2D eigenvalue weighted by molar-refractivity contribution is 0.0697. The summed E-state index contributed by atoms with van der Waals surface area (Å²) in [6.45, 7) is 8.93. The van der Waals surface area contributed by atoms with E-state index in [2.05, 4.69) is 27.7 Å². The molecule has 1 aliphatic rings. The molecule has 0 heterocycles. The fourth-order valence-corrected chi connectivity index (χ4v) is 3.43. The lowest BCUT2D eigenvalue weighted by Gasteiger charge is -2.23. The average molecular weight is 267 g/mol. The largest absolute Gasteiger partial charge is 0.478 e. The van der Waals surface area contributed by atoms with Gasteiger partial charge >= 0.3 is 5.97 Å². The minimum absolute atomic E-state index is 0.0896. The van der Waals surface area contributed by atoms with Gasteiger partial charge in [0.1, 0.15) is 0 Å². The normalized spacial score (nSPS) is 27.1. The van der Waals surface area contributed by atoms with Crippen molar-refractivity contribution in [3.05, 3.63) is 34.3 Å². The molecule has 1 N–H and O–H groups in total. The minimum atomic E-state index is -0.934. The summed E-state index contributed by atoms with van der Waals surface area (Å²) < 4.78 is 0. The van der Waals surface area contributed by atoms with Crippen LogP contribution in [0.5, 0.6) is 0 Å². The van der Waals surface area contributed by atoms with Crippen LogP contribution >= 0.6 is 11.6 Å². The van der Waals surface area contributed by atoms with Gasteiger partial charge in [-0.25, -0.2) is 4.79 Å². The van der Waals surface area contributed by atoms with Gasteiger partial charge < -0.3 is 5.11 Å². The molecule has 2 atom stereocenters. The molecular formula is C15H19ClO2. The zero-order valence-electron chi connectivity index (χ0n) is 11.2. The molecular weight excluding hydrogens is 248 g/mol. The molecule has 1 aromatic rings. The minimum Gasteiger partial charge on any atom is -0.478 e. The summed E-state index contributed by atoms with van der Waals surface area (Å²) in [5, 5.41) is 9.51. The van der Waals surface area contributed by atoms with E-state index in [-0.39, 0.29) is 16.4 Å². The van der Waals surface area contributed by atoms with Crippen molar-refractivity contribution >= 4 is 17.6 Å². The number of carboxylic acids is 1. The number of halogens is 1. The molecule has 98 valence electrons. The van der Waals surface area contributed by atoms with Crippen LogP contribution in [0.4, 0.5) is 0 Å². The molecule has 3 heteroatoms. The van der Waals surface area contributed by atoms with Gasteiger partial charge in [0.05, 0.1) is 5.56 Å². The lowest BCUT2D eigenvalue weighted by atomic mass is 9.82. The molecule has 1 fully saturated rings. The van der Waals surface area contributed by atoms with Crippen LogP contribution in [0.1, 0.15) is 50.0 Å². The molecule has 0 bridgehead atoms. The summed E-state index contributed by atoms with van der Waals surface area (Å²) >= 11 is 6.25. The van der Waals surface area contributed by atoms with E-state index in [1.54, 1.807) is 12.1 Å². The maximum atomic E-state index is 10.9. The number of carbonyl (C=O) groups is 1. The van der Waals surface area contributed by atoms with Crippen LogP contribution in [0.2, 0.25) is 5.02 Å².